The van der Waals surface area contributed by atoms with Gasteiger partial charge in [-0.2, -0.15) is 0 Å². The summed E-state index contributed by atoms with van der Waals surface area (Å²) in [7, 11) is 0. The molecule has 0 spiro atoms. The number of nitrogens with zero attached hydrogens (tertiary/aromatic N) is 1. The molecule has 0 aliphatic heterocycles. The molecule has 0 atom stereocenters. The Labute approximate surface area is 105 Å². The van der Waals surface area contributed by atoms with Crippen LogP contribution in [0, 0.1) is 6.92 Å². The molecule has 0 fully saturated rings. The van der Waals surface area contributed by atoms with E-state index in [1.807, 2.05) is 25.1 Å². The van der Waals surface area contributed by atoms with Crippen LogP contribution >= 0.6 is 23.2 Å². The maximum Gasteiger partial charge on any atom is 0.0721 e. The molecule has 1 nitrogen and oxygen atoms in total. The zero-order chi connectivity index (χ0) is 11.9. The van der Waals surface area contributed by atoms with Crippen molar-refractivity contribution >= 4 is 34.1 Å². The van der Waals surface area contributed by atoms with Crippen molar-refractivity contribution in [2.45, 2.75) is 26.7 Å². The van der Waals surface area contributed by atoms with Gasteiger partial charge >= 0.3 is 0 Å². The molecular weight excluding hydrogens is 241 g/mol. The quantitative estimate of drug-likeness (QED) is 0.699. The lowest BCUT2D eigenvalue weighted by Gasteiger charge is -2.13. The van der Waals surface area contributed by atoms with E-state index in [2.05, 4.69) is 18.8 Å². The molecule has 2 aromatic rings. The fourth-order valence-electron chi connectivity index (χ4n) is 2.00. The minimum absolute atomic E-state index is 0.364. The second-order valence-electron chi connectivity index (χ2n) is 4.24. The highest BCUT2D eigenvalue weighted by atomic mass is 35.5. The van der Waals surface area contributed by atoms with Crippen LogP contribution in [0.25, 0.3) is 10.9 Å². The van der Waals surface area contributed by atoms with E-state index in [-0.39, 0.29) is 0 Å². The first-order chi connectivity index (χ1) is 7.50. The predicted molar refractivity (Wildman–Crippen MR) is 70.6 cm³/mol. The van der Waals surface area contributed by atoms with Crippen LogP contribution in [0.5, 0.6) is 0 Å². The maximum absolute atomic E-state index is 6.42. The zero-order valence-corrected chi connectivity index (χ0v) is 11.0. The Morgan fingerprint density at radius 1 is 1.19 bits per heavy atom. The van der Waals surface area contributed by atoms with E-state index >= 15 is 0 Å². The highest BCUT2D eigenvalue weighted by Gasteiger charge is 2.13. The van der Waals surface area contributed by atoms with E-state index in [0.29, 0.717) is 10.9 Å². The smallest absolute Gasteiger partial charge is 0.0721 e. The Bertz CT molecular complexity index is 547. The van der Waals surface area contributed by atoms with Gasteiger partial charge in [-0.1, -0.05) is 37.0 Å². The van der Waals surface area contributed by atoms with Crippen molar-refractivity contribution in [1.29, 1.82) is 0 Å². The minimum atomic E-state index is 0.364. The van der Waals surface area contributed by atoms with Crippen molar-refractivity contribution in [3.63, 3.8) is 0 Å². The van der Waals surface area contributed by atoms with Gasteiger partial charge in [0.05, 0.1) is 10.5 Å². The van der Waals surface area contributed by atoms with Crippen LogP contribution in [0.1, 0.15) is 31.0 Å². The lowest BCUT2D eigenvalue weighted by molar-refractivity contribution is 0.848. The van der Waals surface area contributed by atoms with Crippen molar-refractivity contribution in [2.24, 2.45) is 0 Å². The summed E-state index contributed by atoms with van der Waals surface area (Å²) in [4.78, 5) is 4.56. The molecule has 0 unspecified atom stereocenters. The Morgan fingerprint density at radius 2 is 1.88 bits per heavy atom. The van der Waals surface area contributed by atoms with E-state index in [1.165, 1.54) is 0 Å². The maximum atomic E-state index is 6.42. The second-order valence-corrected chi connectivity index (χ2v) is 5.06. The van der Waals surface area contributed by atoms with Gasteiger partial charge in [0.15, 0.2) is 0 Å². The Balaban J connectivity index is 2.85. The van der Waals surface area contributed by atoms with Crippen molar-refractivity contribution in [3.8, 4) is 0 Å². The average Bonchev–Trinajstić information content (AvgIpc) is 2.19. The second kappa shape index (κ2) is 4.23. The SMILES string of the molecule is Cc1nc2ccc(Cl)cc2c(Cl)c1C(C)C. The molecule has 0 aliphatic carbocycles. The number of aromatic nitrogens is 1. The third kappa shape index (κ3) is 1.90. The number of rotatable bonds is 1. The fraction of sp³-hybridized carbons (Fsp3) is 0.308. The first-order valence-corrected chi connectivity index (χ1v) is 6.01. The molecule has 0 bridgehead atoms. The third-order valence-corrected chi connectivity index (χ3v) is 3.33. The Morgan fingerprint density at radius 3 is 2.50 bits per heavy atom. The Kier molecular flexibility index (Phi) is 3.09. The molecule has 2 rings (SSSR count). The van der Waals surface area contributed by atoms with Crippen LogP contribution in [0.15, 0.2) is 18.2 Å². The van der Waals surface area contributed by atoms with Crippen molar-refractivity contribution < 1.29 is 0 Å². The summed E-state index contributed by atoms with van der Waals surface area (Å²) in [6.07, 6.45) is 0. The normalized spacial score (nSPS) is 11.4. The molecule has 1 aromatic carbocycles. The molecule has 0 radical (unpaired) electrons. The van der Waals surface area contributed by atoms with E-state index in [1.54, 1.807) is 0 Å². The van der Waals surface area contributed by atoms with Crippen molar-refractivity contribution in [3.05, 3.63) is 39.5 Å². The van der Waals surface area contributed by atoms with Crippen LogP contribution in [-0.4, -0.2) is 4.98 Å². The lowest BCUT2D eigenvalue weighted by atomic mass is 9.99. The van der Waals surface area contributed by atoms with Crippen LogP contribution in [0.2, 0.25) is 10.0 Å². The summed E-state index contributed by atoms with van der Waals surface area (Å²) in [5.41, 5.74) is 3.00. The van der Waals surface area contributed by atoms with Gasteiger partial charge in [0.25, 0.3) is 0 Å². The molecule has 0 saturated heterocycles. The van der Waals surface area contributed by atoms with Gasteiger partial charge in [0, 0.05) is 16.1 Å². The first-order valence-electron chi connectivity index (χ1n) is 5.26. The molecular formula is C13H13Cl2N. The molecule has 3 heteroatoms. The van der Waals surface area contributed by atoms with Crippen LogP contribution in [0.4, 0.5) is 0 Å². The average molecular weight is 254 g/mol. The molecule has 16 heavy (non-hydrogen) atoms. The molecule has 0 aliphatic rings. The van der Waals surface area contributed by atoms with Gasteiger partial charge in [0.1, 0.15) is 0 Å². The van der Waals surface area contributed by atoms with Gasteiger partial charge in [-0.15, -0.1) is 0 Å². The van der Waals surface area contributed by atoms with E-state index in [4.69, 9.17) is 23.2 Å². The van der Waals surface area contributed by atoms with Gasteiger partial charge in [-0.05, 0) is 36.6 Å². The molecule has 0 N–H and O–H groups in total. The highest BCUT2D eigenvalue weighted by Crippen LogP contribution is 2.33. The van der Waals surface area contributed by atoms with Crippen LogP contribution in [-0.2, 0) is 0 Å². The van der Waals surface area contributed by atoms with E-state index in [9.17, 15) is 0 Å². The number of fused-ring (bicyclic) bond motifs is 1. The third-order valence-electron chi connectivity index (χ3n) is 2.69. The summed E-state index contributed by atoms with van der Waals surface area (Å²) >= 11 is 12.4. The largest absolute Gasteiger partial charge is 0.253 e. The van der Waals surface area contributed by atoms with E-state index in [0.717, 1.165) is 27.2 Å². The van der Waals surface area contributed by atoms with Gasteiger partial charge in [-0.25, -0.2) is 0 Å². The molecule has 0 saturated carbocycles. The number of benzene rings is 1. The number of halogens is 2. The monoisotopic (exact) mass is 253 g/mol. The summed E-state index contributed by atoms with van der Waals surface area (Å²) in [6, 6.07) is 5.61. The summed E-state index contributed by atoms with van der Waals surface area (Å²) < 4.78 is 0. The molecule has 1 aromatic heterocycles. The van der Waals surface area contributed by atoms with Gasteiger partial charge in [-0.3, -0.25) is 4.98 Å². The fourth-order valence-corrected chi connectivity index (χ4v) is 2.68. The Hall–Kier alpha value is -0.790. The predicted octanol–water partition coefficient (Wildman–Crippen LogP) is 4.97. The molecule has 1 heterocycles. The minimum Gasteiger partial charge on any atom is -0.253 e. The number of aryl methyl sites for hydroxylation is 1. The summed E-state index contributed by atoms with van der Waals surface area (Å²) in [5.74, 6) is 0.364. The summed E-state index contributed by atoms with van der Waals surface area (Å²) in [5, 5.41) is 2.40. The standard InChI is InChI=1S/C13H13Cl2N/c1-7(2)12-8(3)16-11-5-4-9(14)6-10(11)13(12)15/h4-7H,1-3H3. The van der Waals surface area contributed by atoms with Gasteiger partial charge in [0.2, 0.25) is 0 Å². The first kappa shape index (κ1) is 11.7. The highest BCUT2D eigenvalue weighted by molar-refractivity contribution is 6.37. The number of pyridine rings is 1. The topological polar surface area (TPSA) is 12.9 Å². The van der Waals surface area contributed by atoms with Crippen LogP contribution in [0.3, 0.4) is 0 Å². The van der Waals surface area contributed by atoms with Crippen molar-refractivity contribution in [1.82, 2.24) is 4.98 Å². The molecule has 84 valence electrons. The number of hydrogen-bond donors (Lipinski definition) is 0. The van der Waals surface area contributed by atoms with Crippen molar-refractivity contribution in [2.75, 3.05) is 0 Å². The summed E-state index contributed by atoms with van der Waals surface area (Å²) in [6.45, 7) is 6.23. The molecule has 0 amide bonds. The van der Waals surface area contributed by atoms with Crippen LogP contribution < -0.4 is 0 Å². The lowest BCUT2D eigenvalue weighted by Crippen LogP contribution is -1.98. The van der Waals surface area contributed by atoms with E-state index < -0.39 is 0 Å². The zero-order valence-electron chi connectivity index (χ0n) is 9.51. The van der Waals surface area contributed by atoms with Gasteiger partial charge < -0.3 is 0 Å². The number of hydrogen-bond acceptors (Lipinski definition) is 1.